The average molecular weight is 305 g/mol. The lowest BCUT2D eigenvalue weighted by Crippen LogP contribution is -2.18. The third-order valence-corrected chi connectivity index (χ3v) is 2.87. The van der Waals surface area contributed by atoms with Crippen molar-refractivity contribution < 1.29 is 22.6 Å². The third kappa shape index (κ3) is 6.82. The van der Waals surface area contributed by atoms with Gasteiger partial charge in [-0.1, -0.05) is 19.1 Å². The molecule has 1 aromatic carbocycles. The van der Waals surface area contributed by atoms with E-state index >= 15 is 0 Å². The number of aryl methyl sites for hydroxylation is 2. The minimum absolute atomic E-state index is 0.130. The van der Waals surface area contributed by atoms with Gasteiger partial charge in [-0.05, 0) is 43.5 Å². The molecule has 0 heterocycles. The minimum Gasteiger partial charge on any atom is -0.491 e. The number of halogens is 3. The van der Waals surface area contributed by atoms with Crippen LogP contribution in [0.5, 0.6) is 5.75 Å². The quantitative estimate of drug-likeness (QED) is 0.743. The van der Waals surface area contributed by atoms with Crippen LogP contribution in [-0.4, -0.2) is 26.1 Å². The Morgan fingerprint density at radius 2 is 1.71 bits per heavy atom. The highest BCUT2D eigenvalue weighted by Gasteiger charge is 2.28. The number of benzene rings is 1. The number of rotatable bonds is 8. The van der Waals surface area contributed by atoms with Crippen molar-refractivity contribution in [1.82, 2.24) is 5.32 Å². The van der Waals surface area contributed by atoms with Crippen molar-refractivity contribution >= 4 is 0 Å². The Morgan fingerprint density at radius 3 is 2.24 bits per heavy atom. The molecule has 0 aliphatic rings. The molecule has 0 unspecified atom stereocenters. The molecule has 0 saturated carbocycles. The molecule has 0 bridgehead atoms. The fourth-order valence-corrected chi connectivity index (χ4v) is 2.08. The number of ether oxygens (including phenoxy) is 2. The summed E-state index contributed by atoms with van der Waals surface area (Å²) in [7, 11) is 0. The highest BCUT2D eigenvalue weighted by Crippen LogP contribution is 2.25. The molecule has 120 valence electrons. The summed E-state index contributed by atoms with van der Waals surface area (Å²) in [4.78, 5) is 0. The second kappa shape index (κ2) is 8.24. The van der Waals surface area contributed by atoms with E-state index < -0.39 is 13.0 Å². The summed E-state index contributed by atoms with van der Waals surface area (Å²) < 4.78 is 44.7. The van der Waals surface area contributed by atoms with E-state index in [1.54, 1.807) is 0 Å². The van der Waals surface area contributed by atoms with Crippen LogP contribution in [0.1, 0.15) is 30.0 Å². The van der Waals surface area contributed by atoms with Gasteiger partial charge >= 0.3 is 6.36 Å². The fourth-order valence-electron chi connectivity index (χ4n) is 2.08. The molecule has 0 aliphatic carbocycles. The van der Waals surface area contributed by atoms with Gasteiger partial charge < -0.3 is 10.1 Å². The predicted molar refractivity (Wildman–Crippen MR) is 75.4 cm³/mol. The van der Waals surface area contributed by atoms with Gasteiger partial charge in [0, 0.05) is 6.54 Å². The van der Waals surface area contributed by atoms with Gasteiger partial charge in [-0.15, -0.1) is 13.2 Å². The molecule has 0 spiro atoms. The van der Waals surface area contributed by atoms with Crippen molar-refractivity contribution in [2.24, 2.45) is 0 Å². The molecule has 1 N–H and O–H groups in total. The lowest BCUT2D eigenvalue weighted by molar-refractivity contribution is -0.325. The van der Waals surface area contributed by atoms with Gasteiger partial charge in [0.05, 0.1) is 6.61 Å². The van der Waals surface area contributed by atoms with Crippen LogP contribution in [0.2, 0.25) is 0 Å². The predicted octanol–water partition coefficient (Wildman–Crippen LogP) is 3.72. The number of alkyl halides is 3. The fraction of sp³-hybridized carbons (Fsp3) is 0.600. The number of nitrogens with one attached hydrogen (secondary N) is 1. The minimum atomic E-state index is -4.61. The summed E-state index contributed by atoms with van der Waals surface area (Å²) in [6, 6.07) is 3.96. The van der Waals surface area contributed by atoms with Crippen molar-refractivity contribution in [3.05, 3.63) is 28.8 Å². The highest BCUT2D eigenvalue weighted by molar-refractivity contribution is 5.43. The smallest absolute Gasteiger partial charge is 0.491 e. The van der Waals surface area contributed by atoms with E-state index in [0.717, 1.165) is 36.2 Å². The zero-order valence-corrected chi connectivity index (χ0v) is 12.6. The van der Waals surface area contributed by atoms with Gasteiger partial charge in [0.2, 0.25) is 0 Å². The average Bonchev–Trinajstić information content (AvgIpc) is 2.36. The maximum absolute atomic E-state index is 11.9. The molecular formula is C15H22F3NO2. The molecule has 0 aliphatic heterocycles. The summed E-state index contributed by atoms with van der Waals surface area (Å²) in [5, 5.41) is 3.31. The van der Waals surface area contributed by atoms with Gasteiger partial charge in [0.1, 0.15) is 12.4 Å². The summed E-state index contributed by atoms with van der Waals surface area (Å²) in [6.07, 6.45) is -3.54. The van der Waals surface area contributed by atoms with Crippen molar-refractivity contribution in [1.29, 1.82) is 0 Å². The van der Waals surface area contributed by atoms with Crippen LogP contribution in [0.15, 0.2) is 12.1 Å². The van der Waals surface area contributed by atoms with Gasteiger partial charge in [0.25, 0.3) is 0 Å². The summed E-state index contributed by atoms with van der Waals surface area (Å²) in [5.74, 6) is 0.625. The van der Waals surface area contributed by atoms with Crippen molar-refractivity contribution in [2.75, 3.05) is 19.8 Å². The molecule has 0 fully saturated rings. The molecule has 6 heteroatoms. The first-order valence-corrected chi connectivity index (χ1v) is 6.98. The Bertz CT molecular complexity index is 424. The Balaban J connectivity index is 2.55. The largest absolute Gasteiger partial charge is 0.522 e. The van der Waals surface area contributed by atoms with Crippen LogP contribution in [0.4, 0.5) is 13.2 Å². The normalized spacial score (nSPS) is 11.7. The van der Waals surface area contributed by atoms with E-state index in [-0.39, 0.29) is 6.61 Å². The van der Waals surface area contributed by atoms with E-state index in [1.807, 2.05) is 26.0 Å². The molecule has 1 rings (SSSR count). The Labute approximate surface area is 123 Å². The molecular weight excluding hydrogens is 283 g/mol. The molecule has 0 atom stereocenters. The zero-order valence-electron chi connectivity index (χ0n) is 12.6. The van der Waals surface area contributed by atoms with Gasteiger partial charge in [-0.2, -0.15) is 0 Å². The third-order valence-electron chi connectivity index (χ3n) is 2.87. The topological polar surface area (TPSA) is 30.5 Å². The van der Waals surface area contributed by atoms with E-state index in [1.165, 1.54) is 0 Å². The summed E-state index contributed by atoms with van der Waals surface area (Å²) >= 11 is 0. The molecule has 0 amide bonds. The molecule has 0 saturated heterocycles. The lowest BCUT2D eigenvalue weighted by Gasteiger charge is -2.15. The number of hydrogen-bond donors (Lipinski definition) is 1. The highest BCUT2D eigenvalue weighted by atomic mass is 19.4. The van der Waals surface area contributed by atoms with Crippen LogP contribution in [0.25, 0.3) is 0 Å². The maximum Gasteiger partial charge on any atom is 0.522 e. The van der Waals surface area contributed by atoms with E-state index in [4.69, 9.17) is 4.74 Å². The van der Waals surface area contributed by atoms with Crippen molar-refractivity contribution in [3.8, 4) is 5.75 Å². The maximum atomic E-state index is 11.9. The van der Waals surface area contributed by atoms with Crippen molar-refractivity contribution in [3.63, 3.8) is 0 Å². The second-order valence-electron chi connectivity index (χ2n) is 4.88. The molecule has 1 aromatic rings. The molecule has 0 aromatic heterocycles. The van der Waals surface area contributed by atoms with Gasteiger partial charge in [0.15, 0.2) is 0 Å². The standard InChI is InChI=1S/C15H22F3NO2/c1-4-5-19-10-13-8-11(2)14(12(3)9-13)20-6-7-21-15(16,17)18/h8-9,19H,4-7,10H2,1-3H3. The first kappa shape index (κ1) is 17.8. The van der Waals surface area contributed by atoms with Crippen LogP contribution in [0.3, 0.4) is 0 Å². The molecule has 3 nitrogen and oxygen atoms in total. The van der Waals surface area contributed by atoms with Crippen LogP contribution in [-0.2, 0) is 11.3 Å². The Hall–Kier alpha value is -1.27. The first-order valence-electron chi connectivity index (χ1n) is 6.98. The SMILES string of the molecule is CCCNCc1cc(C)c(OCCOC(F)(F)F)c(C)c1. The van der Waals surface area contributed by atoms with E-state index in [9.17, 15) is 13.2 Å². The van der Waals surface area contributed by atoms with Gasteiger partial charge in [-0.25, -0.2) is 0 Å². The summed E-state index contributed by atoms with van der Waals surface area (Å²) in [5.41, 5.74) is 2.96. The zero-order chi connectivity index (χ0) is 15.9. The number of hydrogen-bond acceptors (Lipinski definition) is 3. The second-order valence-corrected chi connectivity index (χ2v) is 4.88. The van der Waals surface area contributed by atoms with Gasteiger partial charge in [-0.3, -0.25) is 4.74 Å². The Morgan fingerprint density at radius 1 is 1.10 bits per heavy atom. The van der Waals surface area contributed by atoms with E-state index in [0.29, 0.717) is 5.75 Å². The Kier molecular flexibility index (Phi) is 6.98. The monoisotopic (exact) mass is 305 g/mol. The van der Waals surface area contributed by atoms with Crippen LogP contribution in [0, 0.1) is 13.8 Å². The van der Waals surface area contributed by atoms with Crippen LogP contribution < -0.4 is 10.1 Å². The lowest BCUT2D eigenvalue weighted by atomic mass is 10.1. The summed E-state index contributed by atoms with van der Waals surface area (Å²) in [6.45, 7) is 6.95. The first-order chi connectivity index (χ1) is 9.83. The van der Waals surface area contributed by atoms with Crippen LogP contribution >= 0.6 is 0 Å². The molecule has 0 radical (unpaired) electrons. The van der Waals surface area contributed by atoms with E-state index in [2.05, 4.69) is 17.0 Å². The molecule has 21 heavy (non-hydrogen) atoms. The van der Waals surface area contributed by atoms with Crippen molar-refractivity contribution in [2.45, 2.75) is 40.1 Å².